The number of allylic oxidation sites excluding steroid dienone is 4. The number of carbonyl (C=O) groups is 4. The Morgan fingerprint density at radius 1 is 0.284 bits per heavy atom. The molecule has 17 nitrogen and oxygen atoms in total. The lowest BCUT2D eigenvalue weighted by molar-refractivity contribution is -0.161. The second kappa shape index (κ2) is 82.1. The smallest absolute Gasteiger partial charge is 0.462 e. The molecule has 0 aliphatic rings. The van der Waals surface area contributed by atoms with Crippen LogP contribution in [0.15, 0.2) is 24.3 Å². The predicted octanol–water partition coefficient (Wildman–Crippen LogP) is 27.5. The standard InChI is InChI=1S/C90H172O17P2/c1-6-9-12-15-18-21-24-27-30-32-34-36-38-40-42-45-48-51-54-61-66-71-76-89(94)106-85(79-100-87(92)73-68-63-58-52-49-46-44-41-39-37-35-33-31-28-25-22-19-16-13-10-7-2)81-104-108(96,97)102-77-84(91)78-103-109(98,99)105-82-86(80-101-88(93)74-69-64-59-56-55-57-62-67-72-83(4)5)107-90(95)75-70-65-60-53-50-47-43-29-26-23-20-17-14-11-8-3/h23,26,29,43,83-86,91H,6-22,24-25,27-28,30-42,44-82H2,1-5H3,(H,96,97)(H,98,99)/b26-23-,43-29-/t84-,85-,86-/m1/s1. The van der Waals surface area contributed by atoms with Crippen LogP contribution in [0.3, 0.4) is 0 Å². The lowest BCUT2D eigenvalue weighted by Crippen LogP contribution is -2.30. The third kappa shape index (κ3) is 83.3. The largest absolute Gasteiger partial charge is 0.472 e. The molecule has 3 N–H and O–H groups in total. The van der Waals surface area contributed by atoms with E-state index in [1.54, 1.807) is 0 Å². The van der Waals surface area contributed by atoms with Crippen molar-refractivity contribution in [3.8, 4) is 0 Å². The van der Waals surface area contributed by atoms with Gasteiger partial charge in [0.05, 0.1) is 26.4 Å². The Labute approximate surface area is 669 Å². The minimum Gasteiger partial charge on any atom is -0.462 e. The molecule has 644 valence electrons. The summed E-state index contributed by atoms with van der Waals surface area (Å²) in [5, 5.41) is 10.7. The van der Waals surface area contributed by atoms with Crippen LogP contribution in [0.4, 0.5) is 0 Å². The van der Waals surface area contributed by atoms with E-state index >= 15 is 0 Å². The zero-order chi connectivity index (χ0) is 79.7. The molecular weight excluding hydrogens is 1410 g/mol. The molecule has 0 aromatic heterocycles. The van der Waals surface area contributed by atoms with Crippen molar-refractivity contribution in [2.75, 3.05) is 39.6 Å². The highest BCUT2D eigenvalue weighted by molar-refractivity contribution is 7.47. The lowest BCUT2D eigenvalue weighted by Gasteiger charge is -2.21. The number of carbonyl (C=O) groups excluding carboxylic acids is 4. The molecule has 5 atom stereocenters. The number of hydrogen-bond donors (Lipinski definition) is 3. The van der Waals surface area contributed by atoms with Gasteiger partial charge in [-0.3, -0.25) is 37.3 Å². The fraction of sp³-hybridized carbons (Fsp3) is 0.911. The van der Waals surface area contributed by atoms with E-state index in [9.17, 15) is 43.2 Å². The first-order chi connectivity index (χ1) is 53.0. The number of hydrogen-bond acceptors (Lipinski definition) is 15. The van der Waals surface area contributed by atoms with Gasteiger partial charge in [-0.15, -0.1) is 0 Å². The van der Waals surface area contributed by atoms with Gasteiger partial charge in [0.15, 0.2) is 12.2 Å². The van der Waals surface area contributed by atoms with Crippen molar-refractivity contribution in [1.82, 2.24) is 0 Å². The first-order valence-corrected chi connectivity index (χ1v) is 48.9. The molecule has 0 saturated carbocycles. The molecule has 0 heterocycles. The SMILES string of the molecule is CCCCCC/C=C\C=C/CCCCCCCC(=O)O[C@H](COC(=O)CCCCCCCCCCC(C)C)COP(=O)(O)OC[C@H](O)COP(=O)(O)OC[C@@H](COC(=O)CCCCCCCCCCCCCCCCCCCCCCC)OC(=O)CCCCCCCCCCCCCCCCCCCCCCCC. The Balaban J connectivity index is 5.24. The fourth-order valence-corrected chi connectivity index (χ4v) is 15.2. The number of aliphatic hydroxyl groups excluding tert-OH is 1. The topological polar surface area (TPSA) is 237 Å². The Hall–Kier alpha value is -2.46. The molecule has 0 rings (SSSR count). The summed E-state index contributed by atoms with van der Waals surface area (Å²) in [5.74, 6) is -1.41. The van der Waals surface area contributed by atoms with Gasteiger partial charge in [0.1, 0.15) is 19.3 Å². The van der Waals surface area contributed by atoms with E-state index in [0.717, 1.165) is 109 Å². The van der Waals surface area contributed by atoms with E-state index in [1.165, 1.54) is 276 Å². The summed E-state index contributed by atoms with van der Waals surface area (Å²) >= 11 is 0. The maximum Gasteiger partial charge on any atom is 0.472 e. The molecule has 109 heavy (non-hydrogen) atoms. The van der Waals surface area contributed by atoms with Crippen molar-refractivity contribution in [3.05, 3.63) is 24.3 Å². The van der Waals surface area contributed by atoms with E-state index in [2.05, 4.69) is 58.9 Å². The number of rotatable bonds is 88. The highest BCUT2D eigenvalue weighted by Gasteiger charge is 2.30. The molecule has 0 aromatic carbocycles. The van der Waals surface area contributed by atoms with Crippen LogP contribution in [0.2, 0.25) is 0 Å². The first kappa shape index (κ1) is 107. The fourth-order valence-electron chi connectivity index (χ4n) is 13.6. The number of ether oxygens (including phenoxy) is 4. The molecular formula is C90H172O17P2. The van der Waals surface area contributed by atoms with E-state index in [0.29, 0.717) is 25.7 Å². The lowest BCUT2D eigenvalue weighted by atomic mass is 10.0. The van der Waals surface area contributed by atoms with Crippen LogP contribution in [0, 0.1) is 5.92 Å². The zero-order valence-corrected chi connectivity index (χ0v) is 73.0. The van der Waals surface area contributed by atoms with Crippen molar-refractivity contribution >= 4 is 39.5 Å². The highest BCUT2D eigenvalue weighted by Crippen LogP contribution is 2.45. The quantitative estimate of drug-likeness (QED) is 0.0169. The Kier molecular flexibility index (Phi) is 80.2. The minimum absolute atomic E-state index is 0.0850. The average molecular weight is 1590 g/mol. The number of phosphoric acid groups is 2. The van der Waals surface area contributed by atoms with Gasteiger partial charge in [-0.05, 0) is 57.3 Å². The van der Waals surface area contributed by atoms with Crippen LogP contribution in [0.25, 0.3) is 0 Å². The van der Waals surface area contributed by atoms with Gasteiger partial charge in [0.25, 0.3) is 0 Å². The van der Waals surface area contributed by atoms with Gasteiger partial charge in [-0.25, -0.2) is 9.13 Å². The first-order valence-electron chi connectivity index (χ1n) is 46.0. The third-order valence-electron chi connectivity index (χ3n) is 20.7. The zero-order valence-electron chi connectivity index (χ0n) is 71.2. The van der Waals surface area contributed by atoms with E-state index < -0.39 is 97.5 Å². The summed E-state index contributed by atoms with van der Waals surface area (Å²) in [6.45, 7) is 7.27. The number of phosphoric ester groups is 2. The maximum atomic E-state index is 13.2. The molecule has 0 aliphatic carbocycles. The molecule has 19 heteroatoms. The van der Waals surface area contributed by atoms with Crippen molar-refractivity contribution in [2.45, 2.75) is 483 Å². The van der Waals surface area contributed by atoms with Crippen LogP contribution >= 0.6 is 15.6 Å². The minimum atomic E-state index is -4.97. The van der Waals surface area contributed by atoms with Gasteiger partial charge in [0, 0.05) is 25.7 Å². The molecule has 0 aliphatic heterocycles. The monoisotopic (exact) mass is 1590 g/mol. The molecule has 0 amide bonds. The van der Waals surface area contributed by atoms with E-state index in [-0.39, 0.29) is 25.7 Å². The highest BCUT2D eigenvalue weighted by atomic mass is 31.2. The summed E-state index contributed by atoms with van der Waals surface area (Å²) in [7, 11) is -9.94. The number of esters is 4. The maximum absolute atomic E-state index is 13.2. The molecule has 0 fully saturated rings. The second-order valence-electron chi connectivity index (χ2n) is 32.1. The third-order valence-corrected chi connectivity index (χ3v) is 22.6. The van der Waals surface area contributed by atoms with Crippen LogP contribution in [-0.4, -0.2) is 96.7 Å². The molecule has 0 aromatic rings. The summed E-state index contributed by atoms with van der Waals surface area (Å²) in [4.78, 5) is 73.3. The van der Waals surface area contributed by atoms with Crippen molar-refractivity contribution in [1.29, 1.82) is 0 Å². The van der Waals surface area contributed by atoms with Gasteiger partial charge < -0.3 is 33.8 Å². The summed E-state index contributed by atoms with van der Waals surface area (Å²) < 4.78 is 68.9. The summed E-state index contributed by atoms with van der Waals surface area (Å²) in [6.07, 6.45) is 80.3. The molecule has 0 spiro atoms. The summed E-state index contributed by atoms with van der Waals surface area (Å²) in [5.41, 5.74) is 0. The summed E-state index contributed by atoms with van der Waals surface area (Å²) in [6, 6.07) is 0. The normalized spacial score (nSPS) is 13.8. The molecule has 0 bridgehead atoms. The van der Waals surface area contributed by atoms with Crippen LogP contribution in [0.5, 0.6) is 0 Å². The van der Waals surface area contributed by atoms with Crippen LogP contribution in [-0.2, 0) is 65.4 Å². The van der Waals surface area contributed by atoms with Gasteiger partial charge >= 0.3 is 39.5 Å². The van der Waals surface area contributed by atoms with Crippen LogP contribution in [0.1, 0.15) is 465 Å². The van der Waals surface area contributed by atoms with Crippen molar-refractivity contribution < 1.29 is 80.2 Å². The van der Waals surface area contributed by atoms with Crippen LogP contribution < -0.4 is 0 Å². The number of aliphatic hydroxyl groups is 1. The van der Waals surface area contributed by atoms with Gasteiger partial charge in [-0.1, -0.05) is 412 Å². The van der Waals surface area contributed by atoms with Gasteiger partial charge in [-0.2, -0.15) is 0 Å². The van der Waals surface area contributed by atoms with Crippen molar-refractivity contribution in [3.63, 3.8) is 0 Å². The van der Waals surface area contributed by atoms with E-state index in [1.807, 2.05) is 0 Å². The van der Waals surface area contributed by atoms with Gasteiger partial charge in [0.2, 0.25) is 0 Å². The Morgan fingerprint density at radius 3 is 0.752 bits per heavy atom. The van der Waals surface area contributed by atoms with Crippen molar-refractivity contribution in [2.24, 2.45) is 5.92 Å². The molecule has 0 saturated heterocycles. The molecule has 2 unspecified atom stereocenters. The van der Waals surface area contributed by atoms with E-state index in [4.69, 9.17) is 37.0 Å². The second-order valence-corrected chi connectivity index (χ2v) is 35.0. The Morgan fingerprint density at radius 2 is 0.495 bits per heavy atom. The molecule has 0 radical (unpaired) electrons. The average Bonchev–Trinajstić information content (AvgIpc) is 0.900. The Bertz CT molecular complexity index is 2160. The predicted molar refractivity (Wildman–Crippen MR) is 451 cm³/mol. The number of unbranched alkanes of at least 4 members (excludes halogenated alkanes) is 57.